The van der Waals surface area contributed by atoms with Gasteiger partial charge in [-0.2, -0.15) is 13.2 Å². The van der Waals surface area contributed by atoms with Gasteiger partial charge in [-0.3, -0.25) is 4.79 Å². The van der Waals surface area contributed by atoms with E-state index in [1.54, 1.807) is 62.4 Å². The van der Waals surface area contributed by atoms with Crippen molar-refractivity contribution in [1.29, 1.82) is 0 Å². The maximum Gasteiger partial charge on any atom is 0.416 e. The van der Waals surface area contributed by atoms with Gasteiger partial charge in [-0.25, -0.2) is 4.79 Å². The van der Waals surface area contributed by atoms with Crippen LogP contribution in [0.5, 0.6) is 0 Å². The zero-order valence-corrected chi connectivity index (χ0v) is 42.1. The van der Waals surface area contributed by atoms with Crippen LogP contribution in [-0.2, 0) is 39.4 Å². The number of carbonyl (C=O) groups excluding carboxylic acids is 2. The maximum absolute atomic E-state index is 14.5. The van der Waals surface area contributed by atoms with E-state index < -0.39 is 125 Å². The molecule has 0 spiro atoms. The van der Waals surface area contributed by atoms with Crippen LogP contribution >= 0.6 is 0 Å². The van der Waals surface area contributed by atoms with Crippen molar-refractivity contribution in [2.45, 2.75) is 204 Å². The Kier molecular flexibility index (Phi) is 19.6. The highest BCUT2D eigenvalue weighted by molar-refractivity contribution is 5.74. The lowest BCUT2D eigenvalue weighted by atomic mass is 9.75. The van der Waals surface area contributed by atoms with Gasteiger partial charge in [0, 0.05) is 51.3 Å². The van der Waals surface area contributed by atoms with Crippen molar-refractivity contribution in [1.82, 2.24) is 15.5 Å². The number of esters is 1. The molecule has 3 fully saturated rings. The Hall–Kier alpha value is -2.89. The fourth-order valence-corrected chi connectivity index (χ4v) is 10.1. The lowest BCUT2D eigenvalue weighted by Gasteiger charge is -2.53. The Labute approximate surface area is 400 Å². The molecule has 0 aromatic heterocycles. The third kappa shape index (κ3) is 13.1. The summed E-state index contributed by atoms with van der Waals surface area (Å²) < 4.78 is 78.1. The number of amides is 2. The van der Waals surface area contributed by atoms with E-state index >= 15 is 0 Å². The quantitative estimate of drug-likeness (QED) is 0.134. The first-order chi connectivity index (χ1) is 31.5. The van der Waals surface area contributed by atoms with Crippen LogP contribution < -0.4 is 16.0 Å². The number of aliphatic hydroxyl groups excluding tert-OH is 2. The summed E-state index contributed by atoms with van der Waals surface area (Å²) in [6.07, 6.45) is -14.1. The number of likely N-dealkylation sites (N-methyl/N-ethyl adjacent to an activating group) is 1. The van der Waals surface area contributed by atoms with Gasteiger partial charge in [-0.05, 0) is 111 Å². The molecule has 3 aliphatic rings. The predicted octanol–water partition coefficient (Wildman–Crippen LogP) is 4.55. The van der Waals surface area contributed by atoms with Gasteiger partial charge in [0.1, 0.15) is 35.1 Å². The monoisotopic (exact) mass is 979 g/mol. The summed E-state index contributed by atoms with van der Waals surface area (Å²) in [5.74, 6) is -3.27. The lowest BCUT2D eigenvalue weighted by molar-refractivity contribution is -0.334. The highest BCUT2D eigenvalue weighted by Gasteiger charge is 2.59. The molecule has 68 heavy (non-hydrogen) atoms. The number of methoxy groups -OCH3 is 1. The fourth-order valence-electron chi connectivity index (χ4n) is 10.1. The van der Waals surface area contributed by atoms with E-state index in [1.807, 2.05) is 13.8 Å². The minimum Gasteiger partial charge on any atom is -0.459 e. The van der Waals surface area contributed by atoms with Gasteiger partial charge in [0.15, 0.2) is 12.6 Å². The summed E-state index contributed by atoms with van der Waals surface area (Å²) in [6.45, 7) is 19.0. The predicted molar refractivity (Wildman–Crippen MR) is 246 cm³/mol. The zero-order chi connectivity index (χ0) is 51.3. The molecule has 18 atom stereocenters. The number of alkyl halides is 3. The molecule has 20 heteroatoms. The molecular weight excluding hydrogens is 898 g/mol. The van der Waals surface area contributed by atoms with Gasteiger partial charge in [-0.1, -0.05) is 27.7 Å². The summed E-state index contributed by atoms with van der Waals surface area (Å²) >= 11 is 0. The summed E-state index contributed by atoms with van der Waals surface area (Å²) in [5, 5.41) is 69.3. The molecule has 17 nitrogen and oxygen atoms in total. The number of nitrogens with one attached hydrogen (secondary N) is 3. The van der Waals surface area contributed by atoms with E-state index in [0.717, 1.165) is 12.1 Å². The van der Waals surface area contributed by atoms with Crippen LogP contribution in [0.1, 0.15) is 114 Å². The van der Waals surface area contributed by atoms with E-state index in [-0.39, 0.29) is 44.7 Å². The fraction of sp³-hybridized carbons (Fsp3) is 0.833. The van der Waals surface area contributed by atoms with Gasteiger partial charge in [0.05, 0.1) is 47.5 Å². The number of carbonyl (C=O) groups is 2. The minimum absolute atomic E-state index is 0.0795. The van der Waals surface area contributed by atoms with Gasteiger partial charge < -0.3 is 74.8 Å². The number of halogens is 3. The van der Waals surface area contributed by atoms with Crippen LogP contribution in [0.3, 0.4) is 0 Å². The zero-order valence-electron chi connectivity index (χ0n) is 42.1. The second-order valence-corrected chi connectivity index (χ2v) is 20.3. The molecule has 3 aliphatic heterocycles. The molecule has 0 bridgehead atoms. The number of benzene rings is 1. The average Bonchev–Trinajstić information content (AvgIpc) is 3.27. The van der Waals surface area contributed by atoms with Gasteiger partial charge in [0.25, 0.3) is 0 Å². The molecule has 392 valence electrons. The molecule has 0 aliphatic carbocycles. The van der Waals surface area contributed by atoms with Crippen LogP contribution in [0.15, 0.2) is 24.3 Å². The molecule has 3 saturated heterocycles. The van der Waals surface area contributed by atoms with Crippen molar-refractivity contribution in [3.63, 3.8) is 0 Å². The van der Waals surface area contributed by atoms with Crippen LogP contribution in [0.4, 0.5) is 23.7 Å². The Morgan fingerprint density at radius 3 is 2.18 bits per heavy atom. The third-order valence-electron chi connectivity index (χ3n) is 14.6. The summed E-state index contributed by atoms with van der Waals surface area (Å²) in [4.78, 5) is 29.1. The van der Waals surface area contributed by atoms with E-state index in [1.165, 1.54) is 31.1 Å². The molecular formula is C48H81F3N4O13. The number of ether oxygens (including phenoxy) is 6. The summed E-state index contributed by atoms with van der Waals surface area (Å²) in [5.41, 5.74) is -7.43. The molecule has 1 aromatic rings. The Morgan fingerprint density at radius 1 is 0.971 bits per heavy atom. The van der Waals surface area contributed by atoms with E-state index in [9.17, 15) is 48.3 Å². The van der Waals surface area contributed by atoms with E-state index in [0.29, 0.717) is 18.7 Å². The van der Waals surface area contributed by atoms with Gasteiger partial charge in [0.2, 0.25) is 0 Å². The summed E-state index contributed by atoms with van der Waals surface area (Å²) in [6, 6.07) is 2.53. The molecule has 0 unspecified atom stereocenters. The van der Waals surface area contributed by atoms with Crippen molar-refractivity contribution < 1.29 is 76.7 Å². The first kappa shape index (κ1) is 57.7. The highest BCUT2D eigenvalue weighted by atomic mass is 19.4. The minimum atomic E-state index is -4.53. The number of hydrogen-bond donors (Lipinski definition) is 8. The van der Waals surface area contributed by atoms with Crippen molar-refractivity contribution in [3.05, 3.63) is 29.8 Å². The average molecular weight is 979 g/mol. The van der Waals surface area contributed by atoms with Crippen LogP contribution in [0.25, 0.3) is 0 Å². The molecule has 3 heterocycles. The Bertz CT molecular complexity index is 1780. The lowest BCUT2D eigenvalue weighted by Crippen LogP contribution is -2.69. The normalized spacial score (nSPS) is 41.5. The third-order valence-corrected chi connectivity index (χ3v) is 14.6. The molecule has 1 aromatic carbocycles. The maximum atomic E-state index is 14.5. The Balaban J connectivity index is 1.78. The van der Waals surface area contributed by atoms with E-state index in [2.05, 4.69) is 16.0 Å². The number of aliphatic hydroxyl groups is 5. The summed E-state index contributed by atoms with van der Waals surface area (Å²) in [7, 11) is 2.97. The first-order valence-electron chi connectivity index (χ1n) is 24.0. The van der Waals surface area contributed by atoms with E-state index in [4.69, 9.17) is 28.4 Å². The van der Waals surface area contributed by atoms with Crippen molar-refractivity contribution >= 4 is 17.7 Å². The second kappa shape index (κ2) is 23.1. The first-order valence-corrected chi connectivity index (χ1v) is 24.0. The van der Waals surface area contributed by atoms with Crippen LogP contribution in [0, 0.1) is 17.8 Å². The molecule has 0 saturated carbocycles. The van der Waals surface area contributed by atoms with Gasteiger partial charge in [-0.15, -0.1) is 0 Å². The number of cyclic esters (lactones) is 1. The molecule has 2 amide bonds. The molecule has 4 rings (SSSR count). The number of urea groups is 1. The number of nitrogens with zero attached hydrogens (tertiary/aromatic N) is 1. The number of hydrogen-bond acceptors (Lipinski definition) is 15. The standard InChI is InChI=1S/C48H81F3N4O13/c1-14-20-52-43(59)55(12)34-21-27(4)64-42(37(34)56)68-40-28(5)38(29(6)41(58)66-35(15-2)46(11,61)39(57)30(7)53-24-26(3)22-44(40,9)60)67-36-23-45(10,63-13)47(62,31(8)65-36)25-54-33-18-16-32(17-19-33)48(49,50)51/h16-19,26-31,34-40,42,53-54,56-57,60-62H,14-15,20-25H2,1-13H3,(H,52,59)/t26-,27-,28+,29-,30-,31+,34+,35-,36+,37-,38+,39-,40-,42+,44-,45-,46-,47+/m1/s1. The van der Waals surface area contributed by atoms with Crippen molar-refractivity contribution in [3.8, 4) is 0 Å². The largest absolute Gasteiger partial charge is 0.459 e. The van der Waals surface area contributed by atoms with Crippen molar-refractivity contribution in [2.75, 3.05) is 39.1 Å². The Morgan fingerprint density at radius 2 is 1.60 bits per heavy atom. The van der Waals surface area contributed by atoms with Crippen molar-refractivity contribution in [2.24, 2.45) is 17.8 Å². The highest BCUT2D eigenvalue weighted by Crippen LogP contribution is 2.44. The number of rotatable bonds is 12. The molecule has 0 radical (unpaired) electrons. The van der Waals surface area contributed by atoms with Crippen LogP contribution in [-0.4, -0.2) is 166 Å². The second-order valence-electron chi connectivity index (χ2n) is 20.3. The topological polar surface area (TPSA) is 230 Å². The SMILES string of the molecule is CCCNC(=O)N(C)[C@H]1C[C@@H](C)O[C@@H](O[C@@H]2[C@@H](C)[C@H](O[C@H]3C[C@@](C)(OC)[C@](O)(CNc4ccc(C(F)(F)F)cc4)[C@H](C)O3)[C@@H](C)C(=O)O[C@H](CC)[C@@](C)(O)[C@H](O)[C@@H](C)NC[C@H](C)C[C@@]2(C)O)[C@@H]1O. The van der Waals surface area contributed by atoms with Crippen LogP contribution in [0.2, 0.25) is 0 Å². The smallest absolute Gasteiger partial charge is 0.416 e. The van der Waals surface area contributed by atoms with Gasteiger partial charge >= 0.3 is 18.2 Å². The number of anilines is 1. The molecule has 8 N–H and O–H groups in total.